The molecule has 0 bridgehead atoms. The lowest BCUT2D eigenvalue weighted by Gasteiger charge is -2.40. The van der Waals surface area contributed by atoms with Gasteiger partial charge in [-0.15, -0.1) is 0 Å². The van der Waals surface area contributed by atoms with E-state index in [9.17, 15) is 4.39 Å². The largest absolute Gasteiger partial charge is 0.368 e. The first-order valence-corrected chi connectivity index (χ1v) is 8.03. The molecular weight excluding hydrogens is 293 g/mol. The molecule has 0 spiro atoms. The Morgan fingerprint density at radius 3 is 2.89 bits per heavy atom. The molecule has 0 aromatic heterocycles. The van der Waals surface area contributed by atoms with Gasteiger partial charge in [0, 0.05) is 29.2 Å². The quantitative estimate of drug-likeness (QED) is 0.727. The van der Waals surface area contributed by atoms with Gasteiger partial charge in [0.1, 0.15) is 5.82 Å². The van der Waals surface area contributed by atoms with Crippen molar-refractivity contribution in [3.8, 4) is 0 Å². The molecular formula is C15H19BrFN. The predicted molar refractivity (Wildman–Crippen MR) is 76.7 cm³/mol. The van der Waals surface area contributed by atoms with Crippen molar-refractivity contribution in [1.82, 2.24) is 0 Å². The van der Waals surface area contributed by atoms with Crippen molar-refractivity contribution in [2.75, 3.05) is 11.4 Å². The van der Waals surface area contributed by atoms with Gasteiger partial charge in [-0.2, -0.15) is 0 Å². The topological polar surface area (TPSA) is 3.24 Å². The minimum Gasteiger partial charge on any atom is -0.368 e. The minimum absolute atomic E-state index is 0.0792. The van der Waals surface area contributed by atoms with E-state index in [2.05, 4.69) is 26.9 Å². The molecule has 2 unspecified atom stereocenters. The van der Waals surface area contributed by atoms with Gasteiger partial charge >= 0.3 is 0 Å². The monoisotopic (exact) mass is 311 g/mol. The summed E-state index contributed by atoms with van der Waals surface area (Å²) in [6, 6.07) is 6.14. The van der Waals surface area contributed by atoms with Crippen LogP contribution in [0.5, 0.6) is 0 Å². The van der Waals surface area contributed by atoms with Crippen LogP contribution in [-0.2, 0) is 5.33 Å². The van der Waals surface area contributed by atoms with Crippen LogP contribution in [0.4, 0.5) is 10.1 Å². The summed E-state index contributed by atoms with van der Waals surface area (Å²) in [7, 11) is 0. The number of benzene rings is 1. The van der Waals surface area contributed by atoms with E-state index in [0.29, 0.717) is 11.4 Å². The Bertz CT molecular complexity index is 435. The highest BCUT2D eigenvalue weighted by atomic mass is 79.9. The van der Waals surface area contributed by atoms with Crippen molar-refractivity contribution in [1.29, 1.82) is 0 Å². The second-order valence-corrected chi connectivity index (χ2v) is 6.03. The van der Waals surface area contributed by atoms with Gasteiger partial charge in [0.2, 0.25) is 0 Å². The number of hydrogen-bond acceptors (Lipinski definition) is 1. The van der Waals surface area contributed by atoms with Crippen molar-refractivity contribution in [3.63, 3.8) is 0 Å². The van der Waals surface area contributed by atoms with E-state index in [-0.39, 0.29) is 5.82 Å². The van der Waals surface area contributed by atoms with E-state index in [1.165, 1.54) is 32.1 Å². The van der Waals surface area contributed by atoms with Crippen LogP contribution in [0.3, 0.4) is 0 Å². The molecule has 3 rings (SSSR count). The molecule has 2 fully saturated rings. The van der Waals surface area contributed by atoms with Crippen LogP contribution in [-0.4, -0.2) is 12.6 Å². The molecule has 0 radical (unpaired) electrons. The lowest BCUT2D eigenvalue weighted by Crippen LogP contribution is -2.43. The smallest absolute Gasteiger partial charge is 0.129 e. The fourth-order valence-corrected chi connectivity index (χ4v) is 4.26. The van der Waals surface area contributed by atoms with Gasteiger partial charge in [0.05, 0.1) is 0 Å². The number of halogens is 2. The summed E-state index contributed by atoms with van der Waals surface area (Å²) < 4.78 is 13.9. The van der Waals surface area contributed by atoms with Crippen LogP contribution >= 0.6 is 15.9 Å². The summed E-state index contributed by atoms with van der Waals surface area (Å²) in [4.78, 5) is 2.47. The molecule has 1 saturated carbocycles. The Morgan fingerprint density at radius 1 is 1.22 bits per heavy atom. The number of fused-ring (bicyclic) bond motifs is 1. The Kier molecular flexibility index (Phi) is 3.60. The minimum atomic E-state index is -0.0792. The van der Waals surface area contributed by atoms with Crippen molar-refractivity contribution in [2.24, 2.45) is 5.92 Å². The maximum Gasteiger partial charge on any atom is 0.129 e. The normalized spacial score (nSPS) is 27.3. The lowest BCUT2D eigenvalue weighted by molar-refractivity contribution is 0.362. The van der Waals surface area contributed by atoms with Crippen LogP contribution in [0.25, 0.3) is 0 Å². The Morgan fingerprint density at radius 2 is 2.06 bits per heavy atom. The first kappa shape index (κ1) is 12.5. The number of hydrogen-bond donors (Lipinski definition) is 0. The van der Waals surface area contributed by atoms with Gasteiger partial charge in [0.25, 0.3) is 0 Å². The molecule has 1 aliphatic heterocycles. The molecule has 18 heavy (non-hydrogen) atoms. The fourth-order valence-electron chi connectivity index (χ4n) is 3.70. The summed E-state index contributed by atoms with van der Waals surface area (Å²) in [5.74, 6) is 0.759. The number of anilines is 1. The first-order valence-electron chi connectivity index (χ1n) is 6.91. The number of alkyl halides is 1. The van der Waals surface area contributed by atoms with E-state index in [0.717, 1.165) is 23.7 Å². The molecule has 0 N–H and O–H groups in total. The Labute approximate surface area is 116 Å². The summed E-state index contributed by atoms with van der Waals surface area (Å²) in [6.07, 6.45) is 6.59. The number of nitrogens with zero attached hydrogens (tertiary/aromatic N) is 1. The van der Waals surface area contributed by atoms with E-state index in [1.807, 2.05) is 6.07 Å². The average Bonchev–Trinajstić information content (AvgIpc) is 2.86. The molecule has 1 aromatic rings. The third-order valence-electron chi connectivity index (χ3n) is 4.53. The highest BCUT2D eigenvalue weighted by molar-refractivity contribution is 9.08. The fraction of sp³-hybridized carbons (Fsp3) is 0.600. The van der Waals surface area contributed by atoms with Crippen molar-refractivity contribution in [3.05, 3.63) is 29.6 Å². The van der Waals surface area contributed by atoms with Gasteiger partial charge in [-0.3, -0.25) is 0 Å². The molecule has 3 heteroatoms. The lowest BCUT2D eigenvalue weighted by atomic mass is 9.91. The zero-order valence-corrected chi connectivity index (χ0v) is 12.1. The van der Waals surface area contributed by atoms with E-state index in [1.54, 1.807) is 6.07 Å². The Balaban J connectivity index is 1.96. The maximum atomic E-state index is 13.9. The number of piperidine rings is 1. The molecule has 0 amide bonds. The molecule has 1 aliphatic carbocycles. The maximum absolute atomic E-state index is 13.9. The van der Waals surface area contributed by atoms with Crippen LogP contribution in [0.2, 0.25) is 0 Å². The molecule has 1 heterocycles. The second-order valence-electron chi connectivity index (χ2n) is 5.47. The Hall–Kier alpha value is -0.570. The zero-order chi connectivity index (χ0) is 12.5. The predicted octanol–water partition coefficient (Wildman–Crippen LogP) is 4.49. The highest BCUT2D eigenvalue weighted by Gasteiger charge is 2.35. The van der Waals surface area contributed by atoms with Crippen LogP contribution in [0.15, 0.2) is 18.2 Å². The summed E-state index contributed by atoms with van der Waals surface area (Å²) in [5.41, 5.74) is 1.94. The summed E-state index contributed by atoms with van der Waals surface area (Å²) in [6.45, 7) is 1.09. The third-order valence-corrected chi connectivity index (χ3v) is 5.09. The molecule has 2 atom stereocenters. The van der Waals surface area contributed by atoms with Gasteiger partial charge in [-0.1, -0.05) is 28.4 Å². The third kappa shape index (κ3) is 2.07. The average molecular weight is 312 g/mol. The number of rotatable bonds is 2. The standard InChI is InChI=1S/C15H19BrFN/c16-10-12-13(17)6-2-8-15(12)18-9-3-5-11-4-1-7-14(11)18/h2,6,8,11,14H,1,3-5,7,9-10H2. The van der Waals surface area contributed by atoms with Gasteiger partial charge < -0.3 is 4.90 Å². The SMILES string of the molecule is Fc1cccc(N2CCCC3CCCC32)c1CBr. The molecule has 1 aromatic carbocycles. The van der Waals surface area contributed by atoms with Crippen molar-refractivity contribution < 1.29 is 4.39 Å². The molecule has 1 nitrogen and oxygen atoms in total. The van der Waals surface area contributed by atoms with Crippen molar-refractivity contribution in [2.45, 2.75) is 43.5 Å². The summed E-state index contributed by atoms with van der Waals surface area (Å²) >= 11 is 3.43. The van der Waals surface area contributed by atoms with Crippen LogP contribution < -0.4 is 4.90 Å². The van der Waals surface area contributed by atoms with Gasteiger partial charge in [-0.05, 0) is 43.7 Å². The van der Waals surface area contributed by atoms with Gasteiger partial charge in [0.15, 0.2) is 0 Å². The highest BCUT2D eigenvalue weighted by Crippen LogP contribution is 2.40. The van der Waals surface area contributed by atoms with Crippen LogP contribution in [0.1, 0.15) is 37.7 Å². The second kappa shape index (κ2) is 5.20. The molecule has 98 valence electrons. The van der Waals surface area contributed by atoms with Crippen LogP contribution in [0, 0.1) is 11.7 Å². The first-order chi connectivity index (χ1) is 8.81. The molecule has 1 saturated heterocycles. The van der Waals surface area contributed by atoms with Crippen molar-refractivity contribution >= 4 is 21.6 Å². The van der Waals surface area contributed by atoms with Gasteiger partial charge in [-0.25, -0.2) is 4.39 Å². The van der Waals surface area contributed by atoms with E-state index in [4.69, 9.17) is 0 Å². The zero-order valence-electron chi connectivity index (χ0n) is 10.5. The van der Waals surface area contributed by atoms with E-state index < -0.39 is 0 Å². The van der Waals surface area contributed by atoms with E-state index >= 15 is 0 Å². The molecule has 2 aliphatic rings. The summed E-state index contributed by atoms with van der Waals surface area (Å²) in [5, 5.41) is 0.600.